The van der Waals surface area contributed by atoms with E-state index < -0.39 is 18.2 Å². The summed E-state index contributed by atoms with van der Waals surface area (Å²) in [6.45, 7) is 3.96. The summed E-state index contributed by atoms with van der Waals surface area (Å²) in [4.78, 5) is 31.5. The van der Waals surface area contributed by atoms with Gasteiger partial charge in [-0.25, -0.2) is 0 Å². The number of amides is 2. The molecule has 3 atom stereocenters. The molecule has 0 saturated heterocycles. The predicted octanol–water partition coefficient (Wildman–Crippen LogP) is 3.42. The minimum absolute atomic E-state index is 0.102. The number of aromatic nitrogens is 1. The molecule has 2 amide bonds. The van der Waals surface area contributed by atoms with Crippen LogP contribution in [0.15, 0.2) is 66.2 Å². The molecule has 1 heterocycles. The molecule has 0 radical (unpaired) electrons. The van der Waals surface area contributed by atoms with Crippen molar-refractivity contribution in [3.63, 3.8) is 0 Å². The molecule has 1 aliphatic carbocycles. The largest absolute Gasteiger partial charge is 0.482 e. The number of carbonyl (C=O) groups is 2. The van der Waals surface area contributed by atoms with Crippen LogP contribution in [0.25, 0.3) is 10.9 Å². The lowest BCUT2D eigenvalue weighted by atomic mass is 9.87. The number of nitrogens with one attached hydrogen (secondary N) is 2. The average molecular weight is 632 g/mol. The molecule has 0 fully saturated rings. The Hall–Kier alpha value is -2.89. The predicted molar refractivity (Wildman–Crippen MR) is 155 cm³/mol. The fourth-order valence-corrected chi connectivity index (χ4v) is 5.26. The standard InChI is InChI=1S/C29H34IN3O5/c1-18(2)29(37)33(13-11-21-15-19-7-3-5-9-23(19)32-21)24-16-20(28(36)31-12-14-34)17-26(27(24)35)38-25-10-6-4-8-22(25)30/h3-10,15,17-18,24,26-27,32,34-35H,11-14,16H2,1-2H3,(H,31,36)/t24-,26+,27+/m1/s1. The number of aliphatic hydroxyl groups is 2. The fraction of sp³-hybridized carbons (Fsp3) is 0.379. The van der Waals surface area contributed by atoms with Crippen molar-refractivity contribution in [2.75, 3.05) is 19.7 Å². The number of rotatable bonds is 10. The number of nitrogens with zero attached hydrogens (tertiary/aromatic N) is 1. The zero-order valence-corrected chi connectivity index (χ0v) is 23.7. The summed E-state index contributed by atoms with van der Waals surface area (Å²) in [5, 5.41) is 24.5. The first-order valence-corrected chi connectivity index (χ1v) is 13.9. The summed E-state index contributed by atoms with van der Waals surface area (Å²) in [5.74, 6) is -0.156. The van der Waals surface area contributed by atoms with Gasteiger partial charge in [-0.1, -0.05) is 44.2 Å². The van der Waals surface area contributed by atoms with Crippen molar-refractivity contribution in [2.45, 2.75) is 44.9 Å². The molecule has 0 aliphatic heterocycles. The lowest BCUT2D eigenvalue weighted by molar-refractivity contribution is -0.141. The summed E-state index contributed by atoms with van der Waals surface area (Å²) in [7, 11) is 0. The Kier molecular flexibility index (Phi) is 9.45. The highest BCUT2D eigenvalue weighted by Gasteiger charge is 2.41. The van der Waals surface area contributed by atoms with E-state index in [-0.39, 0.29) is 37.3 Å². The van der Waals surface area contributed by atoms with Crippen molar-refractivity contribution in [2.24, 2.45) is 5.92 Å². The second kappa shape index (κ2) is 12.8. The quantitative estimate of drug-likeness (QED) is 0.256. The van der Waals surface area contributed by atoms with Gasteiger partial charge in [-0.05, 0) is 58.3 Å². The molecule has 2 aromatic carbocycles. The Balaban J connectivity index is 1.63. The molecule has 4 rings (SSSR count). The van der Waals surface area contributed by atoms with Gasteiger partial charge in [0.05, 0.1) is 16.2 Å². The van der Waals surface area contributed by atoms with E-state index in [1.54, 1.807) is 11.0 Å². The Labute approximate surface area is 236 Å². The van der Waals surface area contributed by atoms with Crippen molar-refractivity contribution >= 4 is 45.3 Å². The molecule has 0 bridgehead atoms. The Morgan fingerprint density at radius 1 is 1.18 bits per heavy atom. The second-order valence-corrected chi connectivity index (χ2v) is 10.9. The molecule has 8 nitrogen and oxygen atoms in total. The number of aromatic amines is 1. The molecule has 0 unspecified atom stereocenters. The van der Waals surface area contributed by atoms with Gasteiger partial charge in [0.2, 0.25) is 11.8 Å². The molecule has 202 valence electrons. The van der Waals surface area contributed by atoms with Crippen molar-refractivity contribution in [1.82, 2.24) is 15.2 Å². The van der Waals surface area contributed by atoms with E-state index in [4.69, 9.17) is 4.74 Å². The van der Waals surface area contributed by atoms with E-state index in [1.807, 2.05) is 62.4 Å². The van der Waals surface area contributed by atoms with Gasteiger partial charge >= 0.3 is 0 Å². The number of H-pyrrole nitrogens is 1. The van der Waals surface area contributed by atoms with Crippen LogP contribution in [0.3, 0.4) is 0 Å². The van der Waals surface area contributed by atoms with Crippen LogP contribution in [-0.2, 0) is 16.0 Å². The maximum absolute atomic E-state index is 13.5. The summed E-state index contributed by atoms with van der Waals surface area (Å²) < 4.78 is 7.07. The molecule has 1 aliphatic rings. The SMILES string of the molecule is CC(C)C(=O)N(CCc1cc2ccccc2[nH]1)[C@@H]1CC(C(=O)NCCO)=C[C@H](Oc2ccccc2I)[C@H]1O. The number of para-hydroxylation sites is 2. The van der Waals surface area contributed by atoms with Crippen molar-refractivity contribution in [3.05, 3.63) is 75.5 Å². The molecule has 1 aromatic heterocycles. The van der Waals surface area contributed by atoms with Gasteiger partial charge < -0.3 is 30.2 Å². The summed E-state index contributed by atoms with van der Waals surface area (Å²) in [6.07, 6.45) is 0.483. The summed E-state index contributed by atoms with van der Waals surface area (Å²) in [5.41, 5.74) is 2.43. The van der Waals surface area contributed by atoms with Gasteiger partial charge in [0.1, 0.15) is 18.0 Å². The van der Waals surface area contributed by atoms with Crippen LogP contribution >= 0.6 is 22.6 Å². The fourth-order valence-electron chi connectivity index (χ4n) is 4.75. The summed E-state index contributed by atoms with van der Waals surface area (Å²) >= 11 is 2.16. The molecular weight excluding hydrogens is 597 g/mol. The molecule has 0 saturated carbocycles. The van der Waals surface area contributed by atoms with E-state index in [1.165, 1.54) is 0 Å². The number of halogens is 1. The van der Waals surface area contributed by atoms with Crippen LogP contribution < -0.4 is 10.1 Å². The zero-order valence-electron chi connectivity index (χ0n) is 21.6. The lowest BCUT2D eigenvalue weighted by Crippen LogP contribution is -2.56. The van der Waals surface area contributed by atoms with Crippen LogP contribution in [0.1, 0.15) is 26.0 Å². The van der Waals surface area contributed by atoms with Gasteiger partial charge in [-0.2, -0.15) is 0 Å². The summed E-state index contributed by atoms with van der Waals surface area (Å²) in [6, 6.07) is 16.9. The smallest absolute Gasteiger partial charge is 0.247 e. The van der Waals surface area contributed by atoms with Crippen molar-refractivity contribution < 1.29 is 24.5 Å². The normalized spacial score (nSPS) is 19.3. The van der Waals surface area contributed by atoms with Gasteiger partial charge in [-0.15, -0.1) is 0 Å². The third kappa shape index (κ3) is 6.57. The van der Waals surface area contributed by atoms with Crippen molar-refractivity contribution in [1.29, 1.82) is 0 Å². The third-order valence-corrected chi connectivity index (χ3v) is 7.59. The number of carbonyl (C=O) groups excluding carboxylic acids is 2. The van der Waals surface area contributed by atoms with E-state index in [9.17, 15) is 19.8 Å². The number of ether oxygens (including phenoxy) is 1. The van der Waals surface area contributed by atoms with Gasteiger partial charge in [0.25, 0.3) is 0 Å². The highest BCUT2D eigenvalue weighted by Crippen LogP contribution is 2.30. The topological polar surface area (TPSA) is 115 Å². The molecule has 0 spiro atoms. The van der Waals surface area contributed by atoms with Crippen LogP contribution in [0.4, 0.5) is 0 Å². The van der Waals surface area contributed by atoms with E-state index >= 15 is 0 Å². The first-order chi connectivity index (χ1) is 18.3. The molecule has 4 N–H and O–H groups in total. The second-order valence-electron chi connectivity index (χ2n) is 9.76. The van der Waals surface area contributed by atoms with Gasteiger partial charge in [0, 0.05) is 48.6 Å². The zero-order chi connectivity index (χ0) is 27.2. The van der Waals surface area contributed by atoms with E-state index in [0.717, 1.165) is 20.2 Å². The highest BCUT2D eigenvalue weighted by atomic mass is 127. The average Bonchev–Trinajstić information content (AvgIpc) is 3.33. The molecular formula is C29H34IN3O5. The number of hydrogen-bond acceptors (Lipinski definition) is 5. The first-order valence-electron chi connectivity index (χ1n) is 12.8. The Morgan fingerprint density at radius 3 is 2.63 bits per heavy atom. The van der Waals surface area contributed by atoms with Crippen LogP contribution in [0.2, 0.25) is 0 Å². The number of hydrogen-bond donors (Lipinski definition) is 4. The Morgan fingerprint density at radius 2 is 1.92 bits per heavy atom. The minimum Gasteiger partial charge on any atom is -0.482 e. The highest BCUT2D eigenvalue weighted by molar-refractivity contribution is 14.1. The first kappa shape index (κ1) is 28.1. The molecule has 9 heteroatoms. The Bertz CT molecular complexity index is 1270. The van der Waals surface area contributed by atoms with E-state index in [2.05, 4.69) is 39.0 Å². The van der Waals surface area contributed by atoms with Crippen molar-refractivity contribution in [3.8, 4) is 5.75 Å². The minimum atomic E-state index is -1.05. The van der Waals surface area contributed by atoms with E-state index in [0.29, 0.717) is 24.3 Å². The molecule has 3 aromatic rings. The number of fused-ring (bicyclic) bond motifs is 1. The third-order valence-electron chi connectivity index (χ3n) is 6.70. The maximum atomic E-state index is 13.5. The van der Waals surface area contributed by atoms with Gasteiger partial charge in [0.15, 0.2) is 0 Å². The number of benzene rings is 2. The van der Waals surface area contributed by atoms with Crippen LogP contribution in [-0.4, -0.2) is 69.9 Å². The maximum Gasteiger partial charge on any atom is 0.247 e. The monoisotopic (exact) mass is 631 g/mol. The molecule has 38 heavy (non-hydrogen) atoms. The lowest BCUT2D eigenvalue weighted by Gasteiger charge is -2.41. The number of aliphatic hydroxyl groups excluding tert-OH is 2. The van der Waals surface area contributed by atoms with Gasteiger partial charge in [-0.3, -0.25) is 9.59 Å². The van der Waals surface area contributed by atoms with Crippen LogP contribution in [0, 0.1) is 9.49 Å². The van der Waals surface area contributed by atoms with Crippen LogP contribution in [0.5, 0.6) is 5.75 Å².